The van der Waals surface area contributed by atoms with Gasteiger partial charge in [0.25, 0.3) is 5.91 Å². The zero-order valence-corrected chi connectivity index (χ0v) is 16.3. The maximum atomic E-state index is 12.7. The van der Waals surface area contributed by atoms with Crippen LogP contribution in [0.15, 0.2) is 29.2 Å². The van der Waals surface area contributed by atoms with E-state index in [1.807, 2.05) is 0 Å². The Hall–Kier alpha value is -1.93. The van der Waals surface area contributed by atoms with Gasteiger partial charge in [-0.15, -0.1) is 0 Å². The third-order valence-electron chi connectivity index (χ3n) is 4.65. The molecule has 7 nitrogen and oxygen atoms in total. The molecule has 0 saturated carbocycles. The van der Waals surface area contributed by atoms with E-state index in [-0.39, 0.29) is 17.2 Å². The van der Waals surface area contributed by atoms with Crippen molar-refractivity contribution >= 4 is 21.9 Å². The number of carboxylic acids is 1. The number of carbonyl (C=O) groups excluding carboxylic acids is 1. The molecule has 1 aromatic rings. The first-order valence-corrected chi connectivity index (χ1v) is 11.0. The molecule has 8 heteroatoms. The van der Waals surface area contributed by atoms with E-state index < -0.39 is 16.0 Å². The minimum Gasteiger partial charge on any atom is -0.481 e. The zero-order valence-electron chi connectivity index (χ0n) is 15.5. The molecule has 27 heavy (non-hydrogen) atoms. The van der Waals surface area contributed by atoms with Crippen LogP contribution in [0, 0.1) is 0 Å². The fourth-order valence-corrected chi connectivity index (χ4v) is 4.67. The van der Waals surface area contributed by atoms with Crippen LogP contribution in [0.25, 0.3) is 0 Å². The Balaban J connectivity index is 1.85. The van der Waals surface area contributed by atoms with Crippen molar-refractivity contribution in [1.29, 1.82) is 0 Å². The molecule has 1 heterocycles. The van der Waals surface area contributed by atoms with E-state index in [9.17, 15) is 18.0 Å². The molecule has 0 radical (unpaired) electrons. The number of aliphatic carboxylic acids is 1. The summed E-state index contributed by atoms with van der Waals surface area (Å²) in [4.78, 5) is 22.9. The lowest BCUT2D eigenvalue weighted by molar-refractivity contribution is -0.137. The molecule has 2 rings (SSSR count). The monoisotopic (exact) mass is 396 g/mol. The topological polar surface area (TPSA) is 104 Å². The van der Waals surface area contributed by atoms with Gasteiger partial charge >= 0.3 is 5.97 Å². The van der Waals surface area contributed by atoms with E-state index in [1.165, 1.54) is 16.4 Å². The number of nitrogens with zero attached hydrogens (tertiary/aromatic N) is 1. The summed E-state index contributed by atoms with van der Waals surface area (Å²) in [5.74, 6) is -1.08. The maximum absolute atomic E-state index is 12.7. The van der Waals surface area contributed by atoms with Crippen LogP contribution in [0.2, 0.25) is 0 Å². The Morgan fingerprint density at radius 1 is 1.04 bits per heavy atom. The summed E-state index contributed by atoms with van der Waals surface area (Å²) < 4.78 is 26.9. The number of carboxylic acid groups (broad SMARTS) is 1. The smallest absolute Gasteiger partial charge is 0.303 e. The van der Waals surface area contributed by atoms with Crippen molar-refractivity contribution in [2.75, 3.05) is 19.6 Å². The molecule has 0 bridgehead atoms. The lowest BCUT2D eigenvalue weighted by Gasteiger charge is -2.26. The first-order valence-electron chi connectivity index (χ1n) is 9.51. The second kappa shape index (κ2) is 10.4. The van der Waals surface area contributed by atoms with Crippen LogP contribution in [0.1, 0.15) is 61.7 Å². The van der Waals surface area contributed by atoms with Crippen LogP contribution < -0.4 is 5.32 Å². The van der Waals surface area contributed by atoms with Crippen molar-refractivity contribution in [2.45, 2.75) is 56.3 Å². The van der Waals surface area contributed by atoms with E-state index in [0.29, 0.717) is 31.6 Å². The van der Waals surface area contributed by atoms with Gasteiger partial charge in [-0.05, 0) is 43.9 Å². The number of hydrogen-bond acceptors (Lipinski definition) is 4. The normalized spacial score (nSPS) is 15.4. The quantitative estimate of drug-likeness (QED) is 0.592. The number of carbonyl (C=O) groups is 2. The fraction of sp³-hybridized carbons (Fsp3) is 0.579. The molecule has 0 aliphatic carbocycles. The average molecular weight is 397 g/mol. The number of amides is 1. The Morgan fingerprint density at radius 3 is 2.44 bits per heavy atom. The Bertz CT molecular complexity index is 742. The summed E-state index contributed by atoms with van der Waals surface area (Å²) in [5.41, 5.74) is 0.332. The maximum Gasteiger partial charge on any atom is 0.303 e. The molecule has 1 aromatic carbocycles. The van der Waals surface area contributed by atoms with Gasteiger partial charge in [0.05, 0.1) is 4.90 Å². The number of nitrogens with one attached hydrogen (secondary N) is 1. The molecule has 1 aliphatic rings. The van der Waals surface area contributed by atoms with Gasteiger partial charge in [-0.25, -0.2) is 8.42 Å². The van der Waals surface area contributed by atoms with E-state index in [1.54, 1.807) is 12.1 Å². The third-order valence-corrected chi connectivity index (χ3v) is 6.55. The Kier molecular flexibility index (Phi) is 8.24. The second-order valence-corrected chi connectivity index (χ2v) is 8.74. The van der Waals surface area contributed by atoms with Gasteiger partial charge in [-0.1, -0.05) is 25.3 Å². The van der Waals surface area contributed by atoms with E-state index in [2.05, 4.69) is 5.32 Å². The molecule has 0 spiro atoms. The van der Waals surface area contributed by atoms with Crippen LogP contribution in [-0.4, -0.2) is 49.3 Å². The predicted octanol–water partition coefficient (Wildman–Crippen LogP) is 2.63. The van der Waals surface area contributed by atoms with Crippen LogP contribution in [0.3, 0.4) is 0 Å². The van der Waals surface area contributed by atoms with Gasteiger partial charge < -0.3 is 10.4 Å². The Morgan fingerprint density at radius 2 is 1.74 bits per heavy atom. The largest absolute Gasteiger partial charge is 0.481 e. The van der Waals surface area contributed by atoms with Crippen LogP contribution >= 0.6 is 0 Å². The van der Waals surface area contributed by atoms with Gasteiger partial charge in [0, 0.05) is 31.6 Å². The highest BCUT2D eigenvalue weighted by atomic mass is 32.2. The van der Waals surface area contributed by atoms with Crippen molar-refractivity contribution in [3.8, 4) is 0 Å². The zero-order chi connectivity index (χ0) is 19.7. The molecule has 2 N–H and O–H groups in total. The summed E-state index contributed by atoms with van der Waals surface area (Å²) in [7, 11) is -3.56. The van der Waals surface area contributed by atoms with E-state index in [0.717, 1.165) is 38.5 Å². The SMILES string of the molecule is O=C(O)CCCCCCNC(=O)c1cccc(S(=O)(=O)N2CCCCC2)c1. The number of hydrogen-bond donors (Lipinski definition) is 2. The molecule has 1 amide bonds. The summed E-state index contributed by atoms with van der Waals surface area (Å²) in [5, 5.41) is 11.4. The predicted molar refractivity (Wildman–Crippen MR) is 102 cm³/mol. The minimum atomic E-state index is -3.56. The van der Waals surface area contributed by atoms with E-state index >= 15 is 0 Å². The van der Waals surface area contributed by atoms with Crippen molar-refractivity contribution in [2.24, 2.45) is 0 Å². The summed E-state index contributed by atoms with van der Waals surface area (Å²) >= 11 is 0. The molecule has 1 saturated heterocycles. The molecule has 150 valence electrons. The van der Waals surface area contributed by atoms with Crippen molar-refractivity contribution in [1.82, 2.24) is 9.62 Å². The van der Waals surface area contributed by atoms with Gasteiger partial charge in [0.2, 0.25) is 10.0 Å². The molecule has 0 atom stereocenters. The average Bonchev–Trinajstić information content (AvgIpc) is 2.67. The van der Waals surface area contributed by atoms with Gasteiger partial charge in [-0.2, -0.15) is 4.31 Å². The summed E-state index contributed by atoms with van der Waals surface area (Å²) in [6, 6.07) is 6.17. The Labute approximate surface area is 160 Å². The molecule has 1 fully saturated rings. The van der Waals surface area contributed by atoms with Gasteiger partial charge in [0.1, 0.15) is 0 Å². The number of piperidine rings is 1. The van der Waals surface area contributed by atoms with Crippen LogP contribution in [-0.2, 0) is 14.8 Å². The molecule has 1 aliphatic heterocycles. The number of rotatable bonds is 10. The highest BCUT2D eigenvalue weighted by molar-refractivity contribution is 7.89. The summed E-state index contributed by atoms with van der Waals surface area (Å²) in [6.45, 7) is 1.54. The molecular formula is C19H28N2O5S. The molecular weight excluding hydrogens is 368 g/mol. The first kappa shape index (κ1) is 21.4. The molecule has 0 unspecified atom stereocenters. The van der Waals surface area contributed by atoms with Crippen molar-refractivity contribution < 1.29 is 23.1 Å². The lowest BCUT2D eigenvalue weighted by atomic mass is 10.1. The number of unbranched alkanes of at least 4 members (excludes halogenated alkanes) is 3. The number of sulfonamides is 1. The summed E-state index contributed by atoms with van der Waals surface area (Å²) in [6.07, 6.45) is 6.01. The van der Waals surface area contributed by atoms with E-state index in [4.69, 9.17) is 5.11 Å². The minimum absolute atomic E-state index is 0.158. The third kappa shape index (κ3) is 6.62. The van der Waals surface area contributed by atoms with Crippen LogP contribution in [0.4, 0.5) is 0 Å². The molecule has 0 aromatic heterocycles. The lowest BCUT2D eigenvalue weighted by Crippen LogP contribution is -2.35. The fourth-order valence-electron chi connectivity index (χ4n) is 3.11. The standard InChI is InChI=1S/C19H28N2O5S/c22-18(23)11-4-1-2-5-12-20-19(24)16-9-8-10-17(15-16)27(25,26)21-13-6-3-7-14-21/h8-10,15H,1-7,11-14H2,(H,20,24)(H,22,23). The highest BCUT2D eigenvalue weighted by Gasteiger charge is 2.26. The van der Waals surface area contributed by atoms with Gasteiger partial charge in [-0.3, -0.25) is 9.59 Å². The van der Waals surface area contributed by atoms with Crippen molar-refractivity contribution in [3.63, 3.8) is 0 Å². The first-order chi connectivity index (χ1) is 12.9. The highest BCUT2D eigenvalue weighted by Crippen LogP contribution is 2.21. The second-order valence-electron chi connectivity index (χ2n) is 6.81. The van der Waals surface area contributed by atoms with Crippen LogP contribution in [0.5, 0.6) is 0 Å². The number of benzene rings is 1. The van der Waals surface area contributed by atoms with Crippen molar-refractivity contribution in [3.05, 3.63) is 29.8 Å². The van der Waals surface area contributed by atoms with Gasteiger partial charge in [0.15, 0.2) is 0 Å².